The summed E-state index contributed by atoms with van der Waals surface area (Å²) in [5.41, 5.74) is -0.288. The molecule has 104 valence electrons. The number of benzene rings is 1. The monoisotopic (exact) mass is 331 g/mol. The van der Waals surface area contributed by atoms with Crippen LogP contribution in [-0.2, 0) is 4.74 Å². The van der Waals surface area contributed by atoms with Gasteiger partial charge in [0.25, 0.3) is 5.91 Å². The van der Waals surface area contributed by atoms with E-state index in [0.29, 0.717) is 31.6 Å². The van der Waals surface area contributed by atoms with Crippen LogP contribution in [0.5, 0.6) is 0 Å². The van der Waals surface area contributed by atoms with Gasteiger partial charge in [0, 0.05) is 18.8 Å². The van der Waals surface area contributed by atoms with Crippen molar-refractivity contribution in [1.82, 2.24) is 5.32 Å². The molecule has 1 aliphatic heterocycles. The molecule has 1 aromatic carbocycles. The molecule has 0 spiro atoms. The van der Waals surface area contributed by atoms with Crippen molar-refractivity contribution in [2.45, 2.75) is 18.4 Å². The summed E-state index contributed by atoms with van der Waals surface area (Å²) in [5, 5.41) is 12.3. The van der Waals surface area contributed by atoms with E-state index in [1.807, 2.05) is 0 Å². The van der Waals surface area contributed by atoms with E-state index in [4.69, 9.17) is 4.74 Å². The maximum atomic E-state index is 13.1. The van der Waals surface area contributed by atoms with Gasteiger partial charge in [-0.25, -0.2) is 4.39 Å². The summed E-state index contributed by atoms with van der Waals surface area (Å²) in [7, 11) is 0. The molecule has 2 rings (SSSR count). The van der Waals surface area contributed by atoms with Crippen LogP contribution in [-0.4, -0.2) is 36.4 Å². The van der Waals surface area contributed by atoms with Gasteiger partial charge < -0.3 is 15.2 Å². The van der Waals surface area contributed by atoms with Crippen molar-refractivity contribution in [2.24, 2.45) is 0 Å². The standard InChI is InChI=1S/C13H15BrFNO3/c14-10-7-9(1-2-11(10)15)12(18)16-13(8-17)3-5-19-6-4-13/h1-2,7,17H,3-6,8H2,(H,16,18). The molecule has 1 aromatic rings. The zero-order valence-electron chi connectivity index (χ0n) is 10.3. The predicted octanol–water partition coefficient (Wildman–Crippen LogP) is 1.86. The number of aliphatic hydroxyl groups is 1. The highest BCUT2D eigenvalue weighted by atomic mass is 79.9. The lowest BCUT2D eigenvalue weighted by molar-refractivity contribution is 0.0125. The summed E-state index contributed by atoms with van der Waals surface area (Å²) in [4.78, 5) is 12.1. The van der Waals surface area contributed by atoms with Crippen molar-refractivity contribution in [3.63, 3.8) is 0 Å². The number of nitrogens with one attached hydrogen (secondary N) is 1. The smallest absolute Gasteiger partial charge is 0.251 e. The second-order valence-electron chi connectivity index (χ2n) is 4.63. The predicted molar refractivity (Wildman–Crippen MR) is 71.4 cm³/mol. The first-order valence-electron chi connectivity index (χ1n) is 6.02. The molecule has 0 aliphatic carbocycles. The number of hydrogen-bond acceptors (Lipinski definition) is 3. The third-order valence-electron chi connectivity index (χ3n) is 3.31. The van der Waals surface area contributed by atoms with Gasteiger partial charge >= 0.3 is 0 Å². The van der Waals surface area contributed by atoms with Crippen LogP contribution in [0.25, 0.3) is 0 Å². The molecular formula is C13H15BrFNO3. The SMILES string of the molecule is O=C(NC1(CO)CCOCC1)c1ccc(F)c(Br)c1. The lowest BCUT2D eigenvalue weighted by atomic mass is 9.90. The third-order valence-corrected chi connectivity index (χ3v) is 3.92. The number of halogens is 2. The molecule has 0 atom stereocenters. The van der Waals surface area contributed by atoms with Crippen LogP contribution in [0.4, 0.5) is 4.39 Å². The van der Waals surface area contributed by atoms with Crippen LogP contribution in [0.15, 0.2) is 22.7 Å². The maximum Gasteiger partial charge on any atom is 0.251 e. The van der Waals surface area contributed by atoms with Gasteiger partial charge in [-0.05, 0) is 47.0 Å². The number of ether oxygens (including phenoxy) is 1. The van der Waals surface area contributed by atoms with Crippen molar-refractivity contribution < 1.29 is 19.0 Å². The summed E-state index contributed by atoms with van der Waals surface area (Å²) in [6, 6.07) is 4.07. The molecule has 1 amide bonds. The highest BCUT2D eigenvalue weighted by Gasteiger charge is 2.33. The van der Waals surface area contributed by atoms with Gasteiger partial charge in [0.1, 0.15) is 5.82 Å². The van der Waals surface area contributed by atoms with Crippen LogP contribution in [0.3, 0.4) is 0 Å². The van der Waals surface area contributed by atoms with Crippen molar-refractivity contribution in [2.75, 3.05) is 19.8 Å². The molecule has 2 N–H and O–H groups in total. The molecule has 0 radical (unpaired) electrons. The Bertz CT molecular complexity index is 475. The van der Waals surface area contributed by atoms with Crippen LogP contribution >= 0.6 is 15.9 Å². The van der Waals surface area contributed by atoms with E-state index in [2.05, 4.69) is 21.2 Å². The zero-order valence-corrected chi connectivity index (χ0v) is 11.9. The first-order chi connectivity index (χ1) is 9.06. The van der Waals surface area contributed by atoms with Crippen LogP contribution < -0.4 is 5.32 Å². The minimum absolute atomic E-state index is 0.134. The van der Waals surface area contributed by atoms with Crippen molar-refractivity contribution in [3.8, 4) is 0 Å². The van der Waals surface area contributed by atoms with Crippen molar-refractivity contribution in [1.29, 1.82) is 0 Å². The fraction of sp³-hybridized carbons (Fsp3) is 0.462. The molecule has 1 heterocycles. The molecule has 4 nitrogen and oxygen atoms in total. The molecule has 0 bridgehead atoms. The third kappa shape index (κ3) is 3.32. The first kappa shape index (κ1) is 14.4. The Labute approximate surface area is 119 Å². The van der Waals surface area contributed by atoms with E-state index >= 15 is 0 Å². The molecule has 1 fully saturated rings. The average molecular weight is 332 g/mol. The molecule has 0 aromatic heterocycles. The van der Waals surface area contributed by atoms with E-state index in [0.717, 1.165) is 0 Å². The molecule has 19 heavy (non-hydrogen) atoms. The fourth-order valence-electron chi connectivity index (χ4n) is 2.04. The van der Waals surface area contributed by atoms with Crippen LogP contribution in [0, 0.1) is 5.82 Å². The van der Waals surface area contributed by atoms with E-state index < -0.39 is 11.4 Å². The van der Waals surface area contributed by atoms with E-state index in [1.54, 1.807) is 0 Å². The van der Waals surface area contributed by atoms with Crippen LogP contribution in [0.1, 0.15) is 23.2 Å². The van der Waals surface area contributed by atoms with Gasteiger partial charge in [0.05, 0.1) is 16.6 Å². The number of aliphatic hydroxyl groups excluding tert-OH is 1. The quantitative estimate of drug-likeness (QED) is 0.888. The molecule has 0 unspecified atom stereocenters. The zero-order chi connectivity index (χ0) is 13.9. The molecule has 0 saturated carbocycles. The van der Waals surface area contributed by atoms with Crippen LogP contribution in [0.2, 0.25) is 0 Å². The minimum Gasteiger partial charge on any atom is -0.394 e. The lowest BCUT2D eigenvalue weighted by Crippen LogP contribution is -2.54. The number of carbonyl (C=O) groups excluding carboxylic acids is 1. The van der Waals surface area contributed by atoms with Gasteiger partial charge in [-0.15, -0.1) is 0 Å². The maximum absolute atomic E-state index is 13.1. The Morgan fingerprint density at radius 3 is 2.74 bits per heavy atom. The van der Waals surface area contributed by atoms with Crippen molar-refractivity contribution >= 4 is 21.8 Å². The number of amides is 1. The fourth-order valence-corrected chi connectivity index (χ4v) is 2.41. The molecular weight excluding hydrogens is 317 g/mol. The average Bonchev–Trinajstić information content (AvgIpc) is 2.43. The summed E-state index contributed by atoms with van der Waals surface area (Å²) in [6.45, 7) is 0.881. The molecule has 1 aliphatic rings. The van der Waals surface area contributed by atoms with E-state index in [9.17, 15) is 14.3 Å². The second-order valence-corrected chi connectivity index (χ2v) is 5.49. The van der Waals surface area contributed by atoms with Gasteiger partial charge in [0.15, 0.2) is 0 Å². The minimum atomic E-state index is -0.643. The second kappa shape index (κ2) is 5.98. The van der Waals surface area contributed by atoms with E-state index in [1.165, 1.54) is 18.2 Å². The highest BCUT2D eigenvalue weighted by Crippen LogP contribution is 2.22. The Morgan fingerprint density at radius 2 is 2.16 bits per heavy atom. The normalized spacial score (nSPS) is 18.1. The van der Waals surface area contributed by atoms with Gasteiger partial charge in [-0.3, -0.25) is 4.79 Å². The Morgan fingerprint density at radius 1 is 1.47 bits per heavy atom. The number of rotatable bonds is 3. The first-order valence-corrected chi connectivity index (χ1v) is 6.82. The largest absolute Gasteiger partial charge is 0.394 e. The summed E-state index contributed by atoms with van der Waals surface area (Å²) >= 11 is 3.05. The summed E-state index contributed by atoms with van der Waals surface area (Å²) < 4.78 is 18.6. The number of carbonyl (C=O) groups is 1. The van der Waals surface area contributed by atoms with Gasteiger partial charge in [-0.2, -0.15) is 0 Å². The lowest BCUT2D eigenvalue weighted by Gasteiger charge is -2.36. The van der Waals surface area contributed by atoms with Gasteiger partial charge in [-0.1, -0.05) is 0 Å². The summed E-state index contributed by atoms with van der Waals surface area (Å²) in [5.74, 6) is -0.740. The Hall–Kier alpha value is -0.980. The molecule has 1 saturated heterocycles. The topological polar surface area (TPSA) is 58.6 Å². The van der Waals surface area contributed by atoms with Gasteiger partial charge in [0.2, 0.25) is 0 Å². The summed E-state index contributed by atoms with van der Waals surface area (Å²) in [6.07, 6.45) is 1.13. The van der Waals surface area contributed by atoms with E-state index in [-0.39, 0.29) is 17.0 Å². The Balaban J connectivity index is 2.12. The Kier molecular flexibility index (Phi) is 4.54. The molecule has 6 heteroatoms. The number of hydrogen-bond donors (Lipinski definition) is 2. The highest BCUT2D eigenvalue weighted by molar-refractivity contribution is 9.10. The van der Waals surface area contributed by atoms with Crippen molar-refractivity contribution in [3.05, 3.63) is 34.1 Å².